The molecule has 0 fully saturated rings. The van der Waals surface area contributed by atoms with Crippen LogP contribution < -0.4 is 10.1 Å². The van der Waals surface area contributed by atoms with E-state index >= 15 is 0 Å². The van der Waals surface area contributed by atoms with E-state index in [9.17, 15) is 9.59 Å². The van der Waals surface area contributed by atoms with Crippen LogP contribution in [-0.4, -0.2) is 37.9 Å². The minimum absolute atomic E-state index is 0.0737. The van der Waals surface area contributed by atoms with E-state index in [1.54, 1.807) is 45.5 Å². The molecule has 1 N–H and O–H groups in total. The Balaban J connectivity index is 2.25. The molecule has 0 aliphatic heterocycles. The second-order valence-electron chi connectivity index (χ2n) is 6.79. The molecule has 0 aliphatic rings. The average Bonchev–Trinajstić information content (AvgIpc) is 2.60. The van der Waals surface area contributed by atoms with Crippen molar-refractivity contribution >= 4 is 17.5 Å². The number of nitrogens with one attached hydrogen (secondary N) is 1. The monoisotopic (exact) mass is 354 g/mol. The second kappa shape index (κ2) is 8.04. The molecule has 2 aromatic rings. The van der Waals surface area contributed by atoms with Gasteiger partial charge in [-0.15, -0.1) is 0 Å². The zero-order valence-electron chi connectivity index (χ0n) is 16.2. The predicted octanol–water partition coefficient (Wildman–Crippen LogP) is 4.08. The van der Waals surface area contributed by atoms with Crippen LogP contribution in [0.5, 0.6) is 5.75 Å². The van der Waals surface area contributed by atoms with Crippen molar-refractivity contribution in [3.63, 3.8) is 0 Å². The third-order valence-electron chi connectivity index (χ3n) is 4.24. The largest absolute Gasteiger partial charge is 0.496 e. The number of hydrogen-bond donors (Lipinski definition) is 1. The number of methoxy groups -OCH3 is 1. The van der Waals surface area contributed by atoms with E-state index < -0.39 is 0 Å². The molecule has 5 heteroatoms. The highest BCUT2D eigenvalue weighted by molar-refractivity contribution is 6.05. The van der Waals surface area contributed by atoms with E-state index in [2.05, 4.69) is 19.2 Å². The van der Waals surface area contributed by atoms with Gasteiger partial charge in [0.25, 0.3) is 11.8 Å². The standard InChI is InChI=1S/C21H26N2O3/c1-13(2)17-12-18(14(3)11-19(17)26-6)20(24)22-16-9-7-15(8-10-16)21(25)23(4)5/h7-13H,1-6H3,(H,22,24). The van der Waals surface area contributed by atoms with Gasteiger partial charge in [-0.05, 0) is 60.4 Å². The molecule has 0 atom stereocenters. The summed E-state index contributed by atoms with van der Waals surface area (Å²) in [5, 5.41) is 2.89. The normalized spacial score (nSPS) is 10.6. The third-order valence-corrected chi connectivity index (χ3v) is 4.24. The van der Waals surface area contributed by atoms with Crippen LogP contribution in [-0.2, 0) is 0 Å². The maximum atomic E-state index is 12.7. The van der Waals surface area contributed by atoms with Gasteiger partial charge in [0, 0.05) is 30.9 Å². The van der Waals surface area contributed by atoms with Gasteiger partial charge in [-0.1, -0.05) is 13.8 Å². The SMILES string of the molecule is COc1cc(C)c(C(=O)Nc2ccc(C(=O)N(C)C)cc2)cc1C(C)C. The van der Waals surface area contributed by atoms with Crippen molar-refractivity contribution in [3.05, 3.63) is 58.7 Å². The molecular weight excluding hydrogens is 328 g/mol. The number of carbonyl (C=O) groups excluding carboxylic acids is 2. The molecule has 26 heavy (non-hydrogen) atoms. The van der Waals surface area contributed by atoms with Crippen molar-refractivity contribution < 1.29 is 14.3 Å². The van der Waals surface area contributed by atoms with Gasteiger partial charge in [0.1, 0.15) is 5.75 Å². The molecule has 2 aromatic carbocycles. The fraction of sp³-hybridized carbons (Fsp3) is 0.333. The second-order valence-corrected chi connectivity index (χ2v) is 6.79. The van der Waals surface area contributed by atoms with E-state index in [0.717, 1.165) is 16.9 Å². The number of amides is 2. The lowest BCUT2D eigenvalue weighted by Crippen LogP contribution is -2.21. The topological polar surface area (TPSA) is 58.6 Å². The molecular formula is C21H26N2O3. The van der Waals surface area contributed by atoms with Crippen molar-refractivity contribution in [3.8, 4) is 5.75 Å². The van der Waals surface area contributed by atoms with E-state index in [4.69, 9.17) is 4.74 Å². The van der Waals surface area contributed by atoms with Crippen molar-refractivity contribution in [2.24, 2.45) is 0 Å². The third kappa shape index (κ3) is 4.23. The van der Waals surface area contributed by atoms with Crippen LogP contribution in [0.25, 0.3) is 0 Å². The summed E-state index contributed by atoms with van der Waals surface area (Å²) in [4.78, 5) is 26.2. The highest BCUT2D eigenvalue weighted by atomic mass is 16.5. The van der Waals surface area contributed by atoms with Crippen LogP contribution in [0.2, 0.25) is 0 Å². The molecule has 0 radical (unpaired) electrons. The summed E-state index contributed by atoms with van der Waals surface area (Å²) in [6.45, 7) is 6.02. The number of benzene rings is 2. The van der Waals surface area contributed by atoms with Crippen LogP contribution in [0.4, 0.5) is 5.69 Å². The molecule has 2 amide bonds. The Hall–Kier alpha value is -2.82. The molecule has 0 bridgehead atoms. The summed E-state index contributed by atoms with van der Waals surface area (Å²) < 4.78 is 5.43. The fourth-order valence-corrected chi connectivity index (χ4v) is 2.72. The summed E-state index contributed by atoms with van der Waals surface area (Å²) in [6, 6.07) is 10.7. The van der Waals surface area contributed by atoms with E-state index in [-0.39, 0.29) is 17.7 Å². The Kier molecular flexibility index (Phi) is 6.03. The lowest BCUT2D eigenvalue weighted by Gasteiger charge is -2.16. The minimum atomic E-state index is -0.182. The van der Waals surface area contributed by atoms with Gasteiger partial charge >= 0.3 is 0 Å². The smallest absolute Gasteiger partial charge is 0.255 e. The lowest BCUT2D eigenvalue weighted by atomic mass is 9.96. The van der Waals surface area contributed by atoms with Gasteiger partial charge < -0.3 is 15.0 Å². The predicted molar refractivity (Wildman–Crippen MR) is 104 cm³/mol. The maximum Gasteiger partial charge on any atom is 0.255 e. The van der Waals surface area contributed by atoms with Gasteiger partial charge in [-0.3, -0.25) is 9.59 Å². The lowest BCUT2D eigenvalue weighted by molar-refractivity contribution is 0.0827. The molecule has 0 aromatic heterocycles. The highest BCUT2D eigenvalue weighted by Gasteiger charge is 2.16. The first-order chi connectivity index (χ1) is 12.2. The van der Waals surface area contributed by atoms with Crippen LogP contribution in [0, 0.1) is 6.92 Å². The highest BCUT2D eigenvalue weighted by Crippen LogP contribution is 2.30. The van der Waals surface area contributed by atoms with E-state index in [1.165, 1.54) is 4.90 Å². The number of anilines is 1. The van der Waals surface area contributed by atoms with Gasteiger partial charge in [0.05, 0.1) is 7.11 Å². The Morgan fingerprint density at radius 1 is 1.08 bits per heavy atom. The molecule has 0 heterocycles. The number of nitrogens with zero attached hydrogens (tertiary/aromatic N) is 1. The Morgan fingerprint density at radius 2 is 1.69 bits per heavy atom. The van der Waals surface area contributed by atoms with Gasteiger partial charge in [-0.2, -0.15) is 0 Å². The van der Waals surface area contributed by atoms with Gasteiger partial charge in [0.15, 0.2) is 0 Å². The molecule has 0 saturated heterocycles. The van der Waals surface area contributed by atoms with Crippen molar-refractivity contribution in [1.29, 1.82) is 0 Å². The molecule has 138 valence electrons. The summed E-state index contributed by atoms with van der Waals surface area (Å²) in [7, 11) is 5.05. The first-order valence-corrected chi connectivity index (χ1v) is 8.56. The Labute approximate surface area is 155 Å². The molecule has 2 rings (SSSR count). The molecule has 0 saturated carbocycles. The van der Waals surface area contributed by atoms with Crippen molar-refractivity contribution in [2.45, 2.75) is 26.7 Å². The quantitative estimate of drug-likeness (QED) is 0.880. The zero-order valence-corrected chi connectivity index (χ0v) is 16.2. The zero-order chi connectivity index (χ0) is 19.4. The summed E-state index contributed by atoms with van der Waals surface area (Å²) in [5.74, 6) is 0.781. The number of aryl methyl sites for hydroxylation is 1. The minimum Gasteiger partial charge on any atom is -0.496 e. The molecule has 0 aliphatic carbocycles. The Morgan fingerprint density at radius 3 is 2.19 bits per heavy atom. The number of hydrogen-bond acceptors (Lipinski definition) is 3. The van der Waals surface area contributed by atoms with Crippen molar-refractivity contribution in [1.82, 2.24) is 4.90 Å². The van der Waals surface area contributed by atoms with Crippen LogP contribution >= 0.6 is 0 Å². The maximum absolute atomic E-state index is 12.7. The van der Waals surface area contributed by atoms with E-state index in [0.29, 0.717) is 16.8 Å². The van der Waals surface area contributed by atoms with E-state index in [1.807, 2.05) is 19.1 Å². The fourth-order valence-electron chi connectivity index (χ4n) is 2.72. The van der Waals surface area contributed by atoms with Gasteiger partial charge in [0.2, 0.25) is 0 Å². The number of ether oxygens (including phenoxy) is 1. The first kappa shape index (κ1) is 19.5. The van der Waals surface area contributed by atoms with Crippen LogP contribution in [0.1, 0.15) is 51.6 Å². The summed E-state index contributed by atoms with van der Waals surface area (Å²) >= 11 is 0. The van der Waals surface area contributed by atoms with Gasteiger partial charge in [-0.25, -0.2) is 0 Å². The van der Waals surface area contributed by atoms with Crippen LogP contribution in [0.3, 0.4) is 0 Å². The summed E-state index contributed by atoms with van der Waals surface area (Å²) in [5.41, 5.74) is 3.68. The Bertz CT molecular complexity index is 809. The summed E-state index contributed by atoms with van der Waals surface area (Å²) in [6.07, 6.45) is 0. The van der Waals surface area contributed by atoms with Crippen molar-refractivity contribution in [2.75, 3.05) is 26.5 Å². The molecule has 5 nitrogen and oxygen atoms in total. The molecule has 0 unspecified atom stereocenters. The van der Waals surface area contributed by atoms with Crippen LogP contribution in [0.15, 0.2) is 36.4 Å². The number of rotatable bonds is 5. The number of carbonyl (C=O) groups is 2. The first-order valence-electron chi connectivity index (χ1n) is 8.56. The average molecular weight is 354 g/mol. The molecule has 0 spiro atoms.